The van der Waals surface area contributed by atoms with Gasteiger partial charge in [-0.25, -0.2) is 0 Å². The minimum Gasteiger partial charge on any atom is -0.409 e. The molecular formula is C13H21N3O. The van der Waals surface area contributed by atoms with Crippen molar-refractivity contribution in [3.63, 3.8) is 0 Å². The fourth-order valence-electron chi connectivity index (χ4n) is 1.80. The van der Waals surface area contributed by atoms with E-state index in [4.69, 9.17) is 10.9 Å². The molecule has 0 radical (unpaired) electrons. The van der Waals surface area contributed by atoms with Crippen LogP contribution in [0.4, 0.5) is 0 Å². The van der Waals surface area contributed by atoms with Crippen LogP contribution >= 0.6 is 0 Å². The van der Waals surface area contributed by atoms with Gasteiger partial charge in [0.15, 0.2) is 0 Å². The molecule has 0 aromatic heterocycles. The van der Waals surface area contributed by atoms with Gasteiger partial charge in [-0.1, -0.05) is 36.3 Å². The maximum Gasteiger partial charge on any atom is 0.143 e. The van der Waals surface area contributed by atoms with Crippen molar-refractivity contribution in [2.75, 3.05) is 13.6 Å². The third-order valence-electron chi connectivity index (χ3n) is 2.91. The van der Waals surface area contributed by atoms with Crippen LogP contribution in [0.15, 0.2) is 29.4 Å². The Morgan fingerprint density at radius 3 is 2.71 bits per heavy atom. The van der Waals surface area contributed by atoms with Gasteiger partial charge in [0.05, 0.1) is 0 Å². The largest absolute Gasteiger partial charge is 0.409 e. The number of oxime groups is 1. The zero-order chi connectivity index (χ0) is 12.8. The molecule has 17 heavy (non-hydrogen) atoms. The smallest absolute Gasteiger partial charge is 0.143 e. The molecule has 0 aliphatic heterocycles. The number of nitrogens with zero attached hydrogens (tertiary/aromatic N) is 2. The molecule has 1 aromatic rings. The van der Waals surface area contributed by atoms with Crippen molar-refractivity contribution in [1.82, 2.24) is 4.90 Å². The van der Waals surface area contributed by atoms with Crippen molar-refractivity contribution < 1.29 is 5.21 Å². The zero-order valence-corrected chi connectivity index (χ0v) is 10.7. The Balaban J connectivity index is 2.56. The van der Waals surface area contributed by atoms with Gasteiger partial charge in [0.1, 0.15) is 5.84 Å². The van der Waals surface area contributed by atoms with Crippen LogP contribution in [0.1, 0.15) is 18.1 Å². The molecule has 0 aliphatic carbocycles. The Morgan fingerprint density at radius 2 is 2.12 bits per heavy atom. The zero-order valence-electron chi connectivity index (χ0n) is 10.7. The molecular weight excluding hydrogens is 214 g/mol. The van der Waals surface area contributed by atoms with Crippen LogP contribution in [0.5, 0.6) is 0 Å². The Morgan fingerprint density at radius 1 is 1.47 bits per heavy atom. The molecule has 0 amide bonds. The van der Waals surface area contributed by atoms with Crippen LogP contribution in [-0.4, -0.2) is 29.5 Å². The predicted octanol–water partition coefficient (Wildman–Crippen LogP) is 1.81. The van der Waals surface area contributed by atoms with E-state index in [2.05, 4.69) is 29.1 Å². The van der Waals surface area contributed by atoms with Gasteiger partial charge in [0, 0.05) is 19.0 Å². The van der Waals surface area contributed by atoms with Crippen LogP contribution < -0.4 is 5.73 Å². The van der Waals surface area contributed by atoms with Crippen LogP contribution in [-0.2, 0) is 6.54 Å². The molecule has 0 heterocycles. The number of amidine groups is 1. The average Bonchev–Trinajstić information content (AvgIpc) is 2.31. The molecule has 4 nitrogen and oxygen atoms in total. The summed E-state index contributed by atoms with van der Waals surface area (Å²) in [6.07, 6.45) is 0. The molecule has 0 saturated heterocycles. The summed E-state index contributed by atoms with van der Waals surface area (Å²) >= 11 is 0. The highest BCUT2D eigenvalue weighted by molar-refractivity contribution is 5.82. The van der Waals surface area contributed by atoms with Crippen molar-refractivity contribution in [3.05, 3.63) is 35.4 Å². The lowest BCUT2D eigenvalue weighted by molar-refractivity contribution is 0.290. The van der Waals surface area contributed by atoms with Gasteiger partial charge in [0.2, 0.25) is 0 Å². The topological polar surface area (TPSA) is 61.8 Å². The molecule has 0 fully saturated rings. The van der Waals surface area contributed by atoms with Crippen LogP contribution in [0.25, 0.3) is 0 Å². The van der Waals surface area contributed by atoms with Crippen molar-refractivity contribution >= 4 is 5.84 Å². The van der Waals surface area contributed by atoms with Gasteiger partial charge in [-0.3, -0.25) is 0 Å². The second-order valence-corrected chi connectivity index (χ2v) is 4.55. The van der Waals surface area contributed by atoms with E-state index in [-0.39, 0.29) is 11.8 Å². The standard InChI is InChI=1S/C13H21N3O/c1-10-6-4-5-7-12(10)9-16(3)8-11(2)13(14)15-17/h4-7,11,17H,8-9H2,1-3H3,(H2,14,15). The molecule has 1 rings (SSSR count). The van der Waals surface area contributed by atoms with Gasteiger partial charge in [-0.2, -0.15) is 0 Å². The summed E-state index contributed by atoms with van der Waals surface area (Å²) in [5.74, 6) is 0.329. The molecule has 94 valence electrons. The predicted molar refractivity (Wildman–Crippen MR) is 70.1 cm³/mol. The van der Waals surface area contributed by atoms with E-state index in [9.17, 15) is 0 Å². The summed E-state index contributed by atoms with van der Waals surface area (Å²) in [6.45, 7) is 5.69. The molecule has 4 heteroatoms. The van der Waals surface area contributed by atoms with Gasteiger partial charge >= 0.3 is 0 Å². The molecule has 1 aromatic carbocycles. The third kappa shape index (κ3) is 4.07. The SMILES string of the molecule is Cc1ccccc1CN(C)CC(C)C(N)=NO. The number of aryl methyl sites for hydroxylation is 1. The number of hydrogen-bond donors (Lipinski definition) is 2. The second-order valence-electron chi connectivity index (χ2n) is 4.55. The fraction of sp³-hybridized carbons (Fsp3) is 0.462. The third-order valence-corrected chi connectivity index (χ3v) is 2.91. The van der Waals surface area contributed by atoms with E-state index >= 15 is 0 Å². The average molecular weight is 235 g/mol. The van der Waals surface area contributed by atoms with Gasteiger partial charge in [0.25, 0.3) is 0 Å². The summed E-state index contributed by atoms with van der Waals surface area (Å²) in [5.41, 5.74) is 8.16. The number of rotatable bonds is 5. The van der Waals surface area contributed by atoms with Gasteiger partial charge in [-0.15, -0.1) is 0 Å². The van der Waals surface area contributed by atoms with Crippen LogP contribution in [0.3, 0.4) is 0 Å². The first-order valence-corrected chi connectivity index (χ1v) is 5.75. The molecule has 0 bridgehead atoms. The molecule has 0 spiro atoms. The highest BCUT2D eigenvalue weighted by Gasteiger charge is 2.11. The molecule has 3 N–H and O–H groups in total. The Kier molecular flexibility index (Phi) is 4.97. The highest BCUT2D eigenvalue weighted by atomic mass is 16.4. The van der Waals surface area contributed by atoms with E-state index in [1.165, 1.54) is 11.1 Å². The maximum absolute atomic E-state index is 8.60. The fourth-order valence-corrected chi connectivity index (χ4v) is 1.80. The summed E-state index contributed by atoms with van der Waals surface area (Å²) < 4.78 is 0. The van der Waals surface area contributed by atoms with Crippen LogP contribution in [0, 0.1) is 12.8 Å². The number of hydrogen-bond acceptors (Lipinski definition) is 3. The quantitative estimate of drug-likeness (QED) is 0.354. The first kappa shape index (κ1) is 13.5. The van der Waals surface area contributed by atoms with E-state index in [0.29, 0.717) is 0 Å². The van der Waals surface area contributed by atoms with Gasteiger partial charge < -0.3 is 15.8 Å². The highest BCUT2D eigenvalue weighted by Crippen LogP contribution is 2.10. The van der Waals surface area contributed by atoms with Crippen LogP contribution in [0.2, 0.25) is 0 Å². The molecule has 1 unspecified atom stereocenters. The number of benzene rings is 1. The monoisotopic (exact) mass is 235 g/mol. The van der Waals surface area contributed by atoms with Gasteiger partial charge in [-0.05, 0) is 25.1 Å². The van der Waals surface area contributed by atoms with Crippen molar-refractivity contribution in [1.29, 1.82) is 0 Å². The maximum atomic E-state index is 8.60. The molecule has 0 aliphatic rings. The van der Waals surface area contributed by atoms with Crippen molar-refractivity contribution in [2.45, 2.75) is 20.4 Å². The van der Waals surface area contributed by atoms with Crippen molar-refractivity contribution in [2.24, 2.45) is 16.8 Å². The lowest BCUT2D eigenvalue weighted by Gasteiger charge is -2.21. The van der Waals surface area contributed by atoms with E-state index in [1.807, 2.05) is 26.1 Å². The lowest BCUT2D eigenvalue weighted by Crippen LogP contribution is -2.32. The molecule has 1 atom stereocenters. The Bertz CT molecular complexity index is 390. The lowest BCUT2D eigenvalue weighted by atomic mass is 10.1. The molecule has 0 saturated carbocycles. The first-order valence-electron chi connectivity index (χ1n) is 5.75. The van der Waals surface area contributed by atoms with E-state index in [0.717, 1.165) is 13.1 Å². The summed E-state index contributed by atoms with van der Waals surface area (Å²) in [5, 5.41) is 11.6. The summed E-state index contributed by atoms with van der Waals surface area (Å²) in [6, 6.07) is 8.32. The first-order chi connectivity index (χ1) is 8.04. The van der Waals surface area contributed by atoms with Crippen molar-refractivity contribution in [3.8, 4) is 0 Å². The summed E-state index contributed by atoms with van der Waals surface area (Å²) in [4.78, 5) is 2.17. The second kappa shape index (κ2) is 6.25. The number of nitrogens with two attached hydrogens (primary N) is 1. The van der Waals surface area contributed by atoms with E-state index < -0.39 is 0 Å². The minimum atomic E-state index is 0.0500. The summed E-state index contributed by atoms with van der Waals surface area (Å²) in [7, 11) is 2.04. The minimum absolute atomic E-state index is 0.0500. The Labute approximate surface area is 103 Å². The normalized spacial score (nSPS) is 14.0. The van der Waals surface area contributed by atoms with E-state index in [1.54, 1.807) is 0 Å². The Hall–Kier alpha value is -1.55.